The molecular formula is C10H6BrF3N2. The van der Waals surface area contributed by atoms with Crippen molar-refractivity contribution in [2.45, 2.75) is 24.4 Å². The fraction of sp³-hybridized carbons (Fsp3) is 0.400. The molecule has 2 rings (SSSR count). The third-order valence-corrected chi connectivity index (χ3v) is 2.98. The Balaban J connectivity index is 2.50. The third-order valence-electron chi connectivity index (χ3n) is 2.58. The van der Waals surface area contributed by atoms with Gasteiger partial charge in [0.1, 0.15) is 4.60 Å². The largest absolute Gasteiger partial charge is 0.416 e. The summed E-state index contributed by atoms with van der Waals surface area (Å²) in [6.07, 6.45) is -3.26. The fourth-order valence-corrected chi connectivity index (χ4v) is 1.89. The number of hydrogen-bond acceptors (Lipinski definition) is 2. The number of nitriles is 1. The number of halogens is 4. The average molecular weight is 291 g/mol. The van der Waals surface area contributed by atoms with E-state index in [-0.39, 0.29) is 10.3 Å². The van der Waals surface area contributed by atoms with Crippen LogP contribution in [0.1, 0.15) is 24.1 Å². The normalized spacial score (nSPS) is 17.9. The van der Waals surface area contributed by atoms with E-state index in [2.05, 4.69) is 20.9 Å². The highest BCUT2D eigenvalue weighted by molar-refractivity contribution is 9.10. The first kappa shape index (κ1) is 11.4. The molecule has 16 heavy (non-hydrogen) atoms. The lowest BCUT2D eigenvalue weighted by atomic mass is 10.0. The van der Waals surface area contributed by atoms with Crippen molar-refractivity contribution < 1.29 is 13.2 Å². The molecule has 84 valence electrons. The van der Waals surface area contributed by atoms with Crippen LogP contribution in [0.2, 0.25) is 0 Å². The van der Waals surface area contributed by atoms with Crippen molar-refractivity contribution in [2.24, 2.45) is 0 Å². The summed E-state index contributed by atoms with van der Waals surface area (Å²) in [5.41, 5.74) is -1.37. The van der Waals surface area contributed by atoms with E-state index in [9.17, 15) is 13.2 Å². The first-order valence-electron chi connectivity index (χ1n) is 4.54. The highest BCUT2D eigenvalue weighted by atomic mass is 79.9. The van der Waals surface area contributed by atoms with E-state index in [4.69, 9.17) is 5.26 Å². The molecular weight excluding hydrogens is 285 g/mol. The number of alkyl halides is 3. The fourth-order valence-electron chi connectivity index (χ4n) is 1.46. The van der Waals surface area contributed by atoms with Crippen LogP contribution >= 0.6 is 15.9 Å². The third kappa shape index (κ3) is 1.92. The van der Waals surface area contributed by atoms with Crippen molar-refractivity contribution in [3.8, 4) is 6.07 Å². The standard InChI is InChI=1S/C10H6BrF3N2/c11-8-4-6(10(12,13)14)3-7(16-8)9(5-15)1-2-9/h3-4H,1-2H2. The zero-order valence-corrected chi connectivity index (χ0v) is 9.56. The number of rotatable bonds is 1. The molecule has 1 aromatic rings. The molecule has 1 aromatic heterocycles. The Morgan fingerprint density at radius 2 is 2.00 bits per heavy atom. The van der Waals surface area contributed by atoms with Crippen LogP contribution in [0.5, 0.6) is 0 Å². The van der Waals surface area contributed by atoms with Crippen LogP contribution in [0.3, 0.4) is 0 Å². The lowest BCUT2D eigenvalue weighted by Crippen LogP contribution is -2.11. The highest BCUT2D eigenvalue weighted by Gasteiger charge is 2.47. The number of nitrogens with zero attached hydrogens (tertiary/aromatic N) is 2. The SMILES string of the molecule is N#CC1(c2cc(C(F)(F)F)cc(Br)n2)CC1. The Morgan fingerprint density at radius 3 is 2.44 bits per heavy atom. The van der Waals surface area contributed by atoms with Gasteiger partial charge in [-0.1, -0.05) is 0 Å². The minimum atomic E-state index is -4.41. The van der Waals surface area contributed by atoms with Crippen LogP contribution in [0, 0.1) is 11.3 Å². The van der Waals surface area contributed by atoms with Crippen LogP contribution in [-0.2, 0) is 11.6 Å². The smallest absolute Gasteiger partial charge is 0.244 e. The second kappa shape index (κ2) is 3.45. The molecule has 0 amide bonds. The zero-order chi connectivity index (χ0) is 12.0. The van der Waals surface area contributed by atoms with Gasteiger partial charge in [-0.25, -0.2) is 4.98 Å². The molecule has 0 spiro atoms. The molecule has 6 heteroatoms. The van der Waals surface area contributed by atoms with Gasteiger partial charge in [-0.15, -0.1) is 0 Å². The quantitative estimate of drug-likeness (QED) is 0.743. The Kier molecular flexibility index (Phi) is 2.46. The summed E-state index contributed by atoms with van der Waals surface area (Å²) in [6.45, 7) is 0. The van der Waals surface area contributed by atoms with E-state index in [1.165, 1.54) is 0 Å². The van der Waals surface area contributed by atoms with Gasteiger partial charge in [-0.2, -0.15) is 18.4 Å². The van der Waals surface area contributed by atoms with Crippen molar-refractivity contribution in [3.63, 3.8) is 0 Å². The Morgan fingerprint density at radius 1 is 1.38 bits per heavy atom. The summed E-state index contributed by atoms with van der Waals surface area (Å²) in [7, 11) is 0. The molecule has 0 radical (unpaired) electrons. The van der Waals surface area contributed by atoms with Crippen LogP contribution in [0.25, 0.3) is 0 Å². The molecule has 1 heterocycles. The lowest BCUT2D eigenvalue weighted by molar-refractivity contribution is -0.137. The first-order valence-corrected chi connectivity index (χ1v) is 5.33. The van der Waals surface area contributed by atoms with E-state index < -0.39 is 17.2 Å². The molecule has 1 fully saturated rings. The van der Waals surface area contributed by atoms with Crippen molar-refractivity contribution in [2.75, 3.05) is 0 Å². The summed E-state index contributed by atoms with van der Waals surface area (Å²) in [4.78, 5) is 3.95. The molecule has 0 unspecified atom stereocenters. The van der Waals surface area contributed by atoms with Crippen LogP contribution in [0.4, 0.5) is 13.2 Å². The lowest BCUT2D eigenvalue weighted by Gasteiger charge is -2.11. The van der Waals surface area contributed by atoms with E-state index in [1.54, 1.807) is 0 Å². The molecule has 0 aliphatic heterocycles. The van der Waals surface area contributed by atoms with Crippen LogP contribution in [-0.4, -0.2) is 4.98 Å². The average Bonchev–Trinajstić information content (AvgIpc) is 2.96. The van der Waals surface area contributed by atoms with Crippen molar-refractivity contribution in [1.82, 2.24) is 4.98 Å². The van der Waals surface area contributed by atoms with Gasteiger partial charge < -0.3 is 0 Å². The molecule has 1 saturated carbocycles. The first-order chi connectivity index (χ1) is 7.37. The van der Waals surface area contributed by atoms with Gasteiger partial charge in [0.15, 0.2) is 0 Å². The van der Waals surface area contributed by atoms with Gasteiger partial charge in [0.05, 0.1) is 22.7 Å². The Hall–Kier alpha value is -1.09. The Labute approximate surface area is 98.2 Å². The topological polar surface area (TPSA) is 36.7 Å². The number of hydrogen-bond donors (Lipinski definition) is 0. The maximum absolute atomic E-state index is 12.5. The summed E-state index contributed by atoms with van der Waals surface area (Å²) in [5, 5.41) is 8.91. The summed E-state index contributed by atoms with van der Waals surface area (Å²) in [6, 6.07) is 3.90. The maximum Gasteiger partial charge on any atom is 0.416 e. The van der Waals surface area contributed by atoms with E-state index >= 15 is 0 Å². The monoisotopic (exact) mass is 290 g/mol. The van der Waals surface area contributed by atoms with Gasteiger partial charge in [-0.3, -0.25) is 0 Å². The second-order valence-electron chi connectivity index (χ2n) is 3.76. The Bertz CT molecular complexity index is 472. The van der Waals surface area contributed by atoms with Crippen LogP contribution < -0.4 is 0 Å². The van der Waals surface area contributed by atoms with Gasteiger partial charge in [-0.05, 0) is 40.9 Å². The van der Waals surface area contributed by atoms with Crippen LogP contribution in [0.15, 0.2) is 16.7 Å². The molecule has 2 nitrogen and oxygen atoms in total. The van der Waals surface area contributed by atoms with Crippen molar-refractivity contribution in [1.29, 1.82) is 5.26 Å². The molecule has 0 aromatic carbocycles. The van der Waals surface area contributed by atoms with Gasteiger partial charge in [0.2, 0.25) is 0 Å². The molecule has 1 aliphatic carbocycles. The molecule has 0 atom stereocenters. The molecule has 0 bridgehead atoms. The highest BCUT2D eigenvalue weighted by Crippen LogP contribution is 2.48. The van der Waals surface area contributed by atoms with Crippen molar-refractivity contribution in [3.05, 3.63) is 28.0 Å². The summed E-state index contributed by atoms with van der Waals surface area (Å²) >= 11 is 2.93. The summed E-state index contributed by atoms with van der Waals surface area (Å²) < 4.78 is 37.7. The number of pyridine rings is 1. The summed E-state index contributed by atoms with van der Waals surface area (Å²) in [5.74, 6) is 0. The van der Waals surface area contributed by atoms with Crippen molar-refractivity contribution >= 4 is 15.9 Å². The maximum atomic E-state index is 12.5. The zero-order valence-electron chi connectivity index (χ0n) is 7.98. The van der Waals surface area contributed by atoms with E-state index in [0.29, 0.717) is 12.8 Å². The van der Waals surface area contributed by atoms with Gasteiger partial charge in [0, 0.05) is 0 Å². The predicted molar refractivity (Wildman–Crippen MR) is 53.5 cm³/mol. The van der Waals surface area contributed by atoms with E-state index in [1.807, 2.05) is 6.07 Å². The van der Waals surface area contributed by atoms with Gasteiger partial charge >= 0.3 is 6.18 Å². The predicted octanol–water partition coefficient (Wildman–Crippen LogP) is 3.42. The minimum Gasteiger partial charge on any atom is -0.244 e. The minimum absolute atomic E-state index is 0.110. The second-order valence-corrected chi connectivity index (χ2v) is 4.57. The molecule has 1 aliphatic rings. The van der Waals surface area contributed by atoms with Gasteiger partial charge in [0.25, 0.3) is 0 Å². The molecule has 0 N–H and O–H groups in total. The van der Waals surface area contributed by atoms with E-state index in [0.717, 1.165) is 12.1 Å². The molecule has 0 saturated heterocycles. The number of aromatic nitrogens is 1.